The molecule has 0 aliphatic heterocycles. The lowest BCUT2D eigenvalue weighted by molar-refractivity contribution is 0.265. The Morgan fingerprint density at radius 3 is 2.45 bits per heavy atom. The normalized spacial score (nSPS) is 12.4. The number of hydrogen-bond donors (Lipinski definition) is 2. The Morgan fingerprint density at radius 1 is 1.55 bits per heavy atom. The third-order valence-electron chi connectivity index (χ3n) is 1.15. The Hall–Kier alpha value is -0.170. The second-order valence-corrected chi connectivity index (χ2v) is 3.91. The number of aliphatic hydroxyl groups excluding tert-OH is 1. The van der Waals surface area contributed by atoms with Gasteiger partial charge in [0.2, 0.25) is 0 Å². The average molecular weight is 182 g/mol. The molecule has 6 heteroatoms. The van der Waals surface area contributed by atoms with Gasteiger partial charge in [-0.25, -0.2) is 4.72 Å². The van der Waals surface area contributed by atoms with Crippen molar-refractivity contribution in [3.8, 4) is 0 Å². The van der Waals surface area contributed by atoms with Gasteiger partial charge in [0, 0.05) is 20.1 Å². The van der Waals surface area contributed by atoms with Crippen molar-refractivity contribution in [1.82, 2.24) is 9.03 Å². The number of rotatable bonds is 5. The van der Waals surface area contributed by atoms with E-state index in [1.54, 1.807) is 6.92 Å². The van der Waals surface area contributed by atoms with E-state index in [-0.39, 0.29) is 13.2 Å². The van der Waals surface area contributed by atoms with Crippen molar-refractivity contribution in [3.63, 3.8) is 0 Å². The molecule has 0 rings (SSSR count). The highest BCUT2D eigenvalue weighted by atomic mass is 32.2. The van der Waals surface area contributed by atoms with Gasteiger partial charge in [-0.05, 0) is 0 Å². The van der Waals surface area contributed by atoms with Gasteiger partial charge in [-0.2, -0.15) is 12.7 Å². The third-order valence-corrected chi connectivity index (χ3v) is 2.81. The van der Waals surface area contributed by atoms with Gasteiger partial charge in [-0.15, -0.1) is 0 Å². The second-order valence-electron chi connectivity index (χ2n) is 2.05. The maximum Gasteiger partial charge on any atom is 0.279 e. The molecule has 0 saturated heterocycles. The zero-order valence-electron chi connectivity index (χ0n) is 6.74. The second kappa shape index (κ2) is 4.66. The smallest absolute Gasteiger partial charge is 0.279 e. The maximum atomic E-state index is 11.0. The first-order valence-corrected chi connectivity index (χ1v) is 4.80. The summed E-state index contributed by atoms with van der Waals surface area (Å²) in [4.78, 5) is 0. The van der Waals surface area contributed by atoms with Gasteiger partial charge in [0.15, 0.2) is 0 Å². The van der Waals surface area contributed by atoms with Gasteiger partial charge in [0.25, 0.3) is 10.2 Å². The molecule has 0 aromatic heterocycles. The summed E-state index contributed by atoms with van der Waals surface area (Å²) in [6, 6.07) is 0. The summed E-state index contributed by atoms with van der Waals surface area (Å²) in [7, 11) is -1.94. The molecule has 0 unspecified atom stereocenters. The minimum absolute atomic E-state index is 0.120. The molecule has 0 atom stereocenters. The molecule has 2 N–H and O–H groups in total. The van der Waals surface area contributed by atoms with Crippen molar-refractivity contribution < 1.29 is 13.5 Å². The SMILES string of the molecule is CCNS(=O)(=O)N(C)CCO. The molecule has 0 radical (unpaired) electrons. The number of hydrogen-bond acceptors (Lipinski definition) is 3. The monoisotopic (exact) mass is 182 g/mol. The summed E-state index contributed by atoms with van der Waals surface area (Å²) in [6.07, 6.45) is 0. The van der Waals surface area contributed by atoms with Crippen LogP contribution in [0.15, 0.2) is 0 Å². The lowest BCUT2D eigenvalue weighted by Crippen LogP contribution is -2.39. The predicted octanol–water partition coefficient (Wildman–Crippen LogP) is -1.24. The first kappa shape index (κ1) is 10.8. The highest BCUT2D eigenvalue weighted by Gasteiger charge is 2.14. The predicted molar refractivity (Wildman–Crippen MR) is 42.3 cm³/mol. The Bertz CT molecular complexity index is 190. The van der Waals surface area contributed by atoms with Crippen LogP contribution >= 0.6 is 0 Å². The summed E-state index contributed by atoms with van der Waals surface area (Å²) >= 11 is 0. The fraction of sp³-hybridized carbons (Fsp3) is 1.00. The van der Waals surface area contributed by atoms with Crippen LogP contribution in [0.25, 0.3) is 0 Å². The fourth-order valence-corrected chi connectivity index (χ4v) is 1.46. The van der Waals surface area contributed by atoms with Gasteiger partial charge in [0.1, 0.15) is 0 Å². The van der Waals surface area contributed by atoms with E-state index in [1.807, 2.05) is 0 Å². The lowest BCUT2D eigenvalue weighted by atomic mass is 10.7. The van der Waals surface area contributed by atoms with Crippen LogP contribution in [0.4, 0.5) is 0 Å². The van der Waals surface area contributed by atoms with Crippen LogP contribution in [-0.2, 0) is 10.2 Å². The summed E-state index contributed by atoms with van der Waals surface area (Å²) in [5, 5.41) is 8.43. The van der Waals surface area contributed by atoms with E-state index < -0.39 is 10.2 Å². The number of nitrogens with zero attached hydrogens (tertiary/aromatic N) is 1. The number of aliphatic hydroxyl groups is 1. The van der Waals surface area contributed by atoms with E-state index in [9.17, 15) is 8.42 Å². The molecule has 0 saturated carbocycles. The molecule has 11 heavy (non-hydrogen) atoms. The minimum Gasteiger partial charge on any atom is -0.395 e. The first-order valence-electron chi connectivity index (χ1n) is 3.36. The quantitative estimate of drug-likeness (QED) is 0.559. The Balaban J connectivity index is 4.07. The average Bonchev–Trinajstić information content (AvgIpc) is 1.88. The van der Waals surface area contributed by atoms with Gasteiger partial charge in [-0.1, -0.05) is 6.92 Å². The molecule has 0 bridgehead atoms. The fourth-order valence-electron chi connectivity index (χ4n) is 0.554. The van der Waals surface area contributed by atoms with Crippen LogP contribution in [-0.4, -0.2) is 44.6 Å². The topological polar surface area (TPSA) is 69.6 Å². The maximum absolute atomic E-state index is 11.0. The summed E-state index contributed by atoms with van der Waals surface area (Å²) in [5.41, 5.74) is 0. The molecular weight excluding hydrogens is 168 g/mol. The Kier molecular flexibility index (Phi) is 4.58. The van der Waals surface area contributed by atoms with Crippen LogP contribution in [0.2, 0.25) is 0 Å². The van der Waals surface area contributed by atoms with Gasteiger partial charge >= 0.3 is 0 Å². The van der Waals surface area contributed by atoms with E-state index in [1.165, 1.54) is 7.05 Å². The summed E-state index contributed by atoms with van der Waals surface area (Å²) in [5.74, 6) is 0. The van der Waals surface area contributed by atoms with Crippen LogP contribution < -0.4 is 4.72 Å². The zero-order chi connectivity index (χ0) is 8.91. The van der Waals surface area contributed by atoms with Crippen LogP contribution in [0.1, 0.15) is 6.92 Å². The van der Waals surface area contributed by atoms with Crippen LogP contribution in [0.5, 0.6) is 0 Å². The van der Waals surface area contributed by atoms with E-state index in [0.29, 0.717) is 6.54 Å². The molecule has 0 heterocycles. The van der Waals surface area contributed by atoms with E-state index in [2.05, 4.69) is 4.72 Å². The summed E-state index contributed by atoms with van der Waals surface area (Å²) < 4.78 is 25.4. The molecule has 5 nitrogen and oxygen atoms in total. The van der Waals surface area contributed by atoms with E-state index >= 15 is 0 Å². The summed E-state index contributed by atoms with van der Waals surface area (Å²) in [6.45, 7) is 2.01. The lowest BCUT2D eigenvalue weighted by Gasteiger charge is -2.14. The molecule has 0 aromatic carbocycles. The van der Waals surface area contributed by atoms with Gasteiger partial charge in [0.05, 0.1) is 6.61 Å². The molecule has 68 valence electrons. The molecule has 0 amide bonds. The third kappa shape index (κ3) is 3.66. The van der Waals surface area contributed by atoms with Crippen molar-refractivity contribution in [2.24, 2.45) is 0 Å². The largest absolute Gasteiger partial charge is 0.395 e. The van der Waals surface area contributed by atoms with Crippen LogP contribution in [0.3, 0.4) is 0 Å². The van der Waals surface area contributed by atoms with Crippen molar-refractivity contribution in [1.29, 1.82) is 0 Å². The zero-order valence-corrected chi connectivity index (χ0v) is 7.56. The van der Waals surface area contributed by atoms with Crippen molar-refractivity contribution >= 4 is 10.2 Å². The molecular formula is C5H14N2O3S. The number of likely N-dealkylation sites (N-methyl/N-ethyl adjacent to an activating group) is 1. The van der Waals surface area contributed by atoms with Gasteiger partial charge < -0.3 is 5.11 Å². The van der Waals surface area contributed by atoms with E-state index in [4.69, 9.17) is 5.11 Å². The number of nitrogens with one attached hydrogen (secondary N) is 1. The molecule has 0 aromatic rings. The van der Waals surface area contributed by atoms with Crippen molar-refractivity contribution in [2.75, 3.05) is 26.7 Å². The molecule has 0 aliphatic rings. The standard InChI is InChI=1S/C5H14N2O3S/c1-3-6-11(9,10)7(2)4-5-8/h6,8H,3-5H2,1-2H3. The Labute approximate surface area is 67.2 Å². The minimum atomic E-state index is -3.35. The highest BCUT2D eigenvalue weighted by Crippen LogP contribution is 1.90. The van der Waals surface area contributed by atoms with Crippen molar-refractivity contribution in [2.45, 2.75) is 6.92 Å². The van der Waals surface area contributed by atoms with E-state index in [0.717, 1.165) is 4.31 Å². The Morgan fingerprint density at radius 2 is 2.09 bits per heavy atom. The first-order chi connectivity index (χ1) is 5.04. The van der Waals surface area contributed by atoms with Crippen molar-refractivity contribution in [3.05, 3.63) is 0 Å². The van der Waals surface area contributed by atoms with Crippen LogP contribution in [0, 0.1) is 0 Å². The molecule has 0 aliphatic carbocycles. The molecule has 0 spiro atoms. The molecule has 0 fully saturated rings. The van der Waals surface area contributed by atoms with Gasteiger partial charge in [-0.3, -0.25) is 0 Å². The highest BCUT2D eigenvalue weighted by molar-refractivity contribution is 7.87.